The summed E-state index contributed by atoms with van der Waals surface area (Å²) in [5.41, 5.74) is 7.00. The number of fused-ring (bicyclic) bond motifs is 2. The minimum atomic E-state index is -4.77. The van der Waals surface area contributed by atoms with Gasteiger partial charge in [-0.1, -0.05) is 0 Å². The number of hydrogen-bond acceptors (Lipinski definition) is 5. The fourth-order valence-corrected chi connectivity index (χ4v) is 2.49. The minimum absolute atomic E-state index is 0. The number of hydroxylamine groups is 2. The van der Waals surface area contributed by atoms with Crippen LogP contribution in [0.3, 0.4) is 0 Å². The van der Waals surface area contributed by atoms with Gasteiger partial charge >= 0.3 is 46.0 Å². The summed E-state index contributed by atoms with van der Waals surface area (Å²) in [4.78, 5) is 23.7. The van der Waals surface area contributed by atoms with E-state index in [0.29, 0.717) is 11.5 Å². The van der Waals surface area contributed by atoms with E-state index in [2.05, 4.69) is 4.28 Å². The Morgan fingerprint density at radius 2 is 2.06 bits per heavy atom. The number of hydrogen-bond donors (Lipinski definition) is 1. The van der Waals surface area contributed by atoms with E-state index in [0.717, 1.165) is 4.90 Å². The van der Waals surface area contributed by atoms with Gasteiger partial charge in [-0.25, -0.2) is 4.79 Å². The molecule has 96 valence electrons. The summed E-state index contributed by atoms with van der Waals surface area (Å²) in [6.07, 6.45) is 0.622. The van der Waals surface area contributed by atoms with Gasteiger partial charge in [0, 0.05) is 6.54 Å². The first-order valence-electron chi connectivity index (χ1n) is 4.82. The molecule has 9 nitrogen and oxygen atoms in total. The van der Waals surface area contributed by atoms with Crippen molar-refractivity contribution in [1.29, 1.82) is 0 Å². The van der Waals surface area contributed by atoms with E-state index in [1.807, 2.05) is 0 Å². The van der Waals surface area contributed by atoms with Crippen molar-refractivity contribution in [2.45, 2.75) is 24.9 Å². The first-order chi connectivity index (χ1) is 7.79. The number of piperidine rings is 1. The summed E-state index contributed by atoms with van der Waals surface area (Å²) in [6.45, 7) is 0.115. The first-order valence-corrected chi connectivity index (χ1v) is 6.18. The molecule has 18 heavy (non-hydrogen) atoms. The van der Waals surface area contributed by atoms with Gasteiger partial charge in [-0.05, 0) is 12.8 Å². The van der Waals surface area contributed by atoms with E-state index in [-0.39, 0.29) is 42.5 Å². The van der Waals surface area contributed by atoms with Crippen molar-refractivity contribution < 1.29 is 56.4 Å². The molecule has 0 saturated carbocycles. The van der Waals surface area contributed by atoms with Crippen LogP contribution in [0.2, 0.25) is 0 Å². The second-order valence-corrected chi connectivity index (χ2v) is 4.88. The number of amides is 3. The Bertz CT molecular complexity index is 468. The third-order valence-electron chi connectivity index (χ3n) is 2.80. The summed E-state index contributed by atoms with van der Waals surface area (Å²) >= 11 is 0. The summed E-state index contributed by atoms with van der Waals surface area (Å²) in [6, 6.07) is -2.22. The second kappa shape index (κ2) is 5.31. The van der Waals surface area contributed by atoms with E-state index in [1.165, 1.54) is 0 Å². The molecule has 2 saturated heterocycles. The molecular weight excluding hydrogens is 277 g/mol. The van der Waals surface area contributed by atoms with Gasteiger partial charge in [0.15, 0.2) is 0 Å². The maximum atomic E-state index is 11.7. The Morgan fingerprint density at radius 1 is 1.44 bits per heavy atom. The average Bonchev–Trinajstić information content (AvgIpc) is 2.42. The third kappa shape index (κ3) is 2.95. The van der Waals surface area contributed by atoms with Crippen LogP contribution in [0.25, 0.3) is 5.73 Å². The third-order valence-corrected chi connectivity index (χ3v) is 3.15. The molecule has 0 aliphatic carbocycles. The fourth-order valence-electron chi connectivity index (χ4n) is 2.10. The molecule has 0 spiro atoms. The molecule has 2 aliphatic heterocycles. The molecule has 0 aromatic rings. The van der Waals surface area contributed by atoms with Crippen molar-refractivity contribution in [3.05, 3.63) is 5.73 Å². The van der Waals surface area contributed by atoms with E-state index in [4.69, 9.17) is 10.3 Å². The molecule has 11 heteroatoms. The zero-order chi connectivity index (χ0) is 12.8. The predicted molar refractivity (Wildman–Crippen MR) is 52.7 cm³/mol. The zero-order valence-corrected chi connectivity index (χ0v) is 12.4. The zero-order valence-electron chi connectivity index (χ0n) is 9.57. The van der Waals surface area contributed by atoms with Gasteiger partial charge in [-0.2, -0.15) is 13.5 Å². The SMILES string of the molecule is [NH-]C(=O)C1CCC2CN1C(=O)N2OS(=O)(=O)O.[Na+]. The first kappa shape index (κ1) is 15.7. The number of nitrogens with zero attached hydrogens (tertiary/aromatic N) is 2. The van der Waals surface area contributed by atoms with Crippen molar-refractivity contribution in [3.8, 4) is 0 Å². The molecular formula is C7H10N3NaO6S. The monoisotopic (exact) mass is 287 g/mol. The van der Waals surface area contributed by atoms with Crippen molar-refractivity contribution in [2.75, 3.05) is 6.54 Å². The molecule has 2 N–H and O–H groups in total. The molecule has 2 aliphatic rings. The number of carbonyl (C=O) groups is 2. The van der Waals surface area contributed by atoms with Crippen molar-refractivity contribution >= 4 is 22.3 Å². The van der Waals surface area contributed by atoms with E-state index >= 15 is 0 Å². The molecule has 3 amide bonds. The number of carbonyl (C=O) groups excluding carboxylic acids is 2. The van der Waals surface area contributed by atoms with Gasteiger partial charge in [0.25, 0.3) is 0 Å². The van der Waals surface area contributed by atoms with Crippen molar-refractivity contribution in [1.82, 2.24) is 9.96 Å². The van der Waals surface area contributed by atoms with Crippen LogP contribution in [0.15, 0.2) is 0 Å². The predicted octanol–water partition coefficient (Wildman–Crippen LogP) is -3.43. The number of rotatable bonds is 3. The van der Waals surface area contributed by atoms with Crippen molar-refractivity contribution in [3.63, 3.8) is 0 Å². The van der Waals surface area contributed by atoms with Gasteiger partial charge in [0.2, 0.25) is 0 Å². The molecule has 2 fully saturated rings. The maximum absolute atomic E-state index is 11.7. The Morgan fingerprint density at radius 3 is 2.56 bits per heavy atom. The smallest absolute Gasteiger partial charge is 0.666 e. The van der Waals surface area contributed by atoms with Gasteiger partial charge < -0.3 is 15.4 Å². The largest absolute Gasteiger partial charge is 1.00 e. The van der Waals surface area contributed by atoms with Crippen LogP contribution >= 0.6 is 0 Å². The van der Waals surface area contributed by atoms with Gasteiger partial charge in [-0.3, -0.25) is 4.55 Å². The quantitative estimate of drug-likeness (QED) is 0.425. The summed E-state index contributed by atoms with van der Waals surface area (Å²) in [7, 11) is -4.77. The Labute approximate surface area is 125 Å². The standard InChI is InChI=1S/C7H11N3O6S.Na/c8-6(11)5-2-1-4-3-9(5)7(12)10(4)16-17(13,14)15;/h4-5H,1-3H2,(H3,8,11,13,14,15);/q;+1/p-1. The normalized spacial score (nSPS) is 27.1. The van der Waals surface area contributed by atoms with Crippen LogP contribution in [0.1, 0.15) is 12.8 Å². The van der Waals surface area contributed by atoms with Crippen LogP contribution in [-0.2, 0) is 19.5 Å². The molecule has 0 aromatic carbocycles. The van der Waals surface area contributed by atoms with Gasteiger partial charge in [0.05, 0.1) is 18.0 Å². The van der Waals surface area contributed by atoms with Gasteiger partial charge in [-0.15, -0.1) is 4.28 Å². The Kier molecular flexibility index (Phi) is 4.62. The van der Waals surface area contributed by atoms with E-state index in [9.17, 15) is 18.0 Å². The molecule has 2 rings (SSSR count). The van der Waals surface area contributed by atoms with Crippen LogP contribution < -0.4 is 29.6 Å². The fraction of sp³-hybridized carbons (Fsp3) is 0.714. The van der Waals surface area contributed by atoms with Gasteiger partial charge in [0.1, 0.15) is 0 Å². The van der Waals surface area contributed by atoms with E-state index < -0.39 is 34.4 Å². The Balaban J connectivity index is 0.00000162. The maximum Gasteiger partial charge on any atom is 1.00 e. The molecule has 0 radical (unpaired) electrons. The summed E-state index contributed by atoms with van der Waals surface area (Å²) in [5, 5.41) is 0.540. The second-order valence-electron chi connectivity index (χ2n) is 3.87. The average molecular weight is 287 g/mol. The van der Waals surface area contributed by atoms with Crippen LogP contribution in [0, 0.1) is 0 Å². The molecule has 2 unspecified atom stereocenters. The molecule has 0 aromatic heterocycles. The van der Waals surface area contributed by atoms with Crippen LogP contribution in [0.5, 0.6) is 0 Å². The Hall–Kier alpha value is -0.390. The topological polar surface area (TPSA) is 128 Å². The molecule has 2 atom stereocenters. The van der Waals surface area contributed by atoms with Crippen LogP contribution in [0.4, 0.5) is 4.79 Å². The van der Waals surface area contributed by atoms with Crippen LogP contribution in [-0.4, -0.2) is 53.5 Å². The molecule has 2 bridgehead atoms. The summed E-state index contributed by atoms with van der Waals surface area (Å²) in [5.74, 6) is -0.898. The number of nitrogens with one attached hydrogen (secondary N) is 1. The van der Waals surface area contributed by atoms with E-state index in [1.54, 1.807) is 0 Å². The molecule has 2 heterocycles. The minimum Gasteiger partial charge on any atom is -0.666 e. The summed E-state index contributed by atoms with van der Waals surface area (Å²) < 4.78 is 33.8. The number of urea groups is 1. The van der Waals surface area contributed by atoms with Crippen molar-refractivity contribution in [2.24, 2.45) is 0 Å².